The number of unbranched alkanes of at least 4 members (excludes halogenated alkanes) is 38. The van der Waals surface area contributed by atoms with E-state index in [9.17, 15) is 19.0 Å². The number of ether oxygens (including phenoxy) is 2. The number of carbonyl (C=O) groups excluding carboxylic acids is 2. The number of hydrogen-bond donors (Lipinski definition) is 1. The summed E-state index contributed by atoms with van der Waals surface area (Å²) in [6, 6.07) is 0. The second kappa shape index (κ2) is 63.0. The standard InChI is InChI=1S/C72H132NO8P/c1-6-8-10-12-14-16-18-20-22-24-25-26-27-28-29-30-31-32-33-34-35-36-37-38-39-40-41-42-43-44-45-46-47-49-51-53-55-57-59-61-63-65-72(75)81-70(69-80-82(76,77)79-67-66-73(3,4)5)68-78-71(74)64-62-60-58-56-54-52-50-48-23-21-19-17-15-13-11-9-7-2/h9,11,15,17-18,20-21,23-25,27-28,70H,6-8,10,12-14,16,19,22,26,29-69H2,1-5H3/p+1/b11-9-,17-15-,20-18-,23-21-,25-24-,28-27-. The molecule has 0 aromatic rings. The number of phosphoric acid groups is 1. The zero-order valence-electron chi connectivity index (χ0n) is 54.5. The van der Waals surface area contributed by atoms with Crippen molar-refractivity contribution in [3.05, 3.63) is 72.9 Å². The summed E-state index contributed by atoms with van der Waals surface area (Å²) < 4.78 is 34.6. The number of likely N-dealkylation sites (N-methyl/N-ethyl adjacent to an activating group) is 1. The maximum Gasteiger partial charge on any atom is 0.472 e. The predicted molar refractivity (Wildman–Crippen MR) is 353 cm³/mol. The lowest BCUT2D eigenvalue weighted by molar-refractivity contribution is -0.870. The molecule has 478 valence electrons. The van der Waals surface area contributed by atoms with E-state index in [4.69, 9.17) is 18.5 Å². The van der Waals surface area contributed by atoms with Gasteiger partial charge >= 0.3 is 19.8 Å². The zero-order chi connectivity index (χ0) is 59.8. The molecule has 82 heavy (non-hydrogen) atoms. The molecule has 0 radical (unpaired) electrons. The number of esters is 2. The van der Waals surface area contributed by atoms with Crippen LogP contribution in [0.5, 0.6) is 0 Å². The quantitative estimate of drug-likeness (QED) is 0.0211. The summed E-state index contributed by atoms with van der Waals surface area (Å²) >= 11 is 0. The molecular formula is C72H133NO8P+. The lowest BCUT2D eigenvalue weighted by Crippen LogP contribution is -2.37. The van der Waals surface area contributed by atoms with E-state index in [1.807, 2.05) is 21.1 Å². The maximum absolute atomic E-state index is 12.9. The van der Waals surface area contributed by atoms with Crippen molar-refractivity contribution < 1.29 is 42.1 Å². The van der Waals surface area contributed by atoms with Crippen molar-refractivity contribution in [2.24, 2.45) is 0 Å². The van der Waals surface area contributed by atoms with E-state index in [-0.39, 0.29) is 32.0 Å². The summed E-state index contributed by atoms with van der Waals surface area (Å²) in [7, 11) is 1.48. The molecule has 0 aromatic carbocycles. The third kappa shape index (κ3) is 66.6. The van der Waals surface area contributed by atoms with Gasteiger partial charge in [-0.2, -0.15) is 0 Å². The van der Waals surface area contributed by atoms with Crippen molar-refractivity contribution in [1.82, 2.24) is 0 Å². The molecule has 10 heteroatoms. The number of rotatable bonds is 64. The van der Waals surface area contributed by atoms with E-state index >= 15 is 0 Å². The summed E-state index contributed by atoms with van der Waals surface area (Å²) in [5, 5.41) is 0. The largest absolute Gasteiger partial charge is 0.472 e. The van der Waals surface area contributed by atoms with E-state index in [1.165, 1.54) is 212 Å². The first-order valence-corrected chi connectivity index (χ1v) is 36.2. The first kappa shape index (κ1) is 79.5. The predicted octanol–water partition coefficient (Wildman–Crippen LogP) is 22.4. The van der Waals surface area contributed by atoms with Crippen LogP contribution >= 0.6 is 7.82 Å². The monoisotopic (exact) mass is 1170 g/mol. The Bertz CT molecular complexity index is 1610. The maximum atomic E-state index is 12.9. The minimum absolute atomic E-state index is 0.0296. The van der Waals surface area contributed by atoms with Crippen LogP contribution in [-0.2, 0) is 32.7 Å². The van der Waals surface area contributed by atoms with Gasteiger partial charge in [-0.1, -0.05) is 299 Å². The molecule has 0 aliphatic heterocycles. The van der Waals surface area contributed by atoms with Crippen LogP contribution < -0.4 is 0 Å². The SMILES string of the molecule is CC/C=C\C/C=C\C/C=C\CCCCCCCCCC(=O)OCC(COP(=O)(O)OCC[N+](C)(C)C)OC(=O)CCCCCCCCCCCCCCCCCCCCCCCCCCCC/C=C\C/C=C\C/C=C\CCCCCCC. The highest BCUT2D eigenvalue weighted by Gasteiger charge is 2.27. The van der Waals surface area contributed by atoms with Crippen LogP contribution in [0, 0.1) is 0 Å². The average molecular weight is 1170 g/mol. The molecular weight excluding hydrogens is 1040 g/mol. The van der Waals surface area contributed by atoms with Crippen LogP contribution in [0.15, 0.2) is 72.9 Å². The van der Waals surface area contributed by atoms with Gasteiger partial charge in [0.25, 0.3) is 0 Å². The Morgan fingerprint density at radius 1 is 0.390 bits per heavy atom. The van der Waals surface area contributed by atoms with Crippen LogP contribution in [0.3, 0.4) is 0 Å². The Balaban J connectivity index is 3.89. The van der Waals surface area contributed by atoms with Gasteiger partial charge in [-0.25, -0.2) is 4.57 Å². The van der Waals surface area contributed by atoms with Crippen molar-refractivity contribution in [3.8, 4) is 0 Å². The van der Waals surface area contributed by atoms with Crippen molar-refractivity contribution in [3.63, 3.8) is 0 Å². The molecule has 1 N–H and O–H groups in total. The Hall–Kier alpha value is -2.55. The summed E-state index contributed by atoms with van der Waals surface area (Å²) in [5.74, 6) is -0.798. The fourth-order valence-electron chi connectivity index (χ4n) is 9.92. The lowest BCUT2D eigenvalue weighted by Gasteiger charge is -2.24. The Labute approximate surface area is 508 Å². The molecule has 0 amide bonds. The number of nitrogens with zero attached hydrogens (tertiary/aromatic N) is 1. The Morgan fingerprint density at radius 2 is 0.695 bits per heavy atom. The fraction of sp³-hybridized carbons (Fsp3) is 0.806. The molecule has 2 unspecified atom stereocenters. The van der Waals surface area contributed by atoms with E-state index in [0.29, 0.717) is 17.4 Å². The first-order chi connectivity index (χ1) is 40.0. The van der Waals surface area contributed by atoms with Crippen LogP contribution in [0.25, 0.3) is 0 Å². The summed E-state index contributed by atoms with van der Waals surface area (Å²) in [5.41, 5.74) is 0. The summed E-state index contributed by atoms with van der Waals surface area (Å²) in [6.07, 6.45) is 84.6. The van der Waals surface area contributed by atoms with Crippen molar-refractivity contribution in [2.75, 3.05) is 47.5 Å². The van der Waals surface area contributed by atoms with Crippen LogP contribution in [0.4, 0.5) is 0 Å². The highest BCUT2D eigenvalue weighted by atomic mass is 31.2. The highest BCUT2D eigenvalue weighted by molar-refractivity contribution is 7.47. The van der Waals surface area contributed by atoms with Gasteiger partial charge in [0.2, 0.25) is 0 Å². The van der Waals surface area contributed by atoms with Gasteiger partial charge in [0, 0.05) is 12.8 Å². The number of phosphoric ester groups is 1. The van der Waals surface area contributed by atoms with Crippen molar-refractivity contribution >= 4 is 19.8 Å². The third-order valence-corrected chi connectivity index (χ3v) is 16.2. The average Bonchev–Trinajstić information content (AvgIpc) is 3.44. The second-order valence-corrected chi connectivity index (χ2v) is 26.0. The molecule has 0 rings (SSSR count). The van der Waals surface area contributed by atoms with E-state index in [0.717, 1.165) is 77.0 Å². The van der Waals surface area contributed by atoms with E-state index < -0.39 is 26.5 Å². The molecule has 0 bridgehead atoms. The van der Waals surface area contributed by atoms with E-state index in [1.54, 1.807) is 0 Å². The molecule has 9 nitrogen and oxygen atoms in total. The molecule has 0 saturated heterocycles. The first-order valence-electron chi connectivity index (χ1n) is 34.7. The summed E-state index contributed by atoms with van der Waals surface area (Å²) in [4.78, 5) is 35.8. The molecule has 0 saturated carbocycles. The van der Waals surface area contributed by atoms with Crippen molar-refractivity contribution in [2.45, 2.75) is 328 Å². The second-order valence-electron chi connectivity index (χ2n) is 24.5. The van der Waals surface area contributed by atoms with Crippen LogP contribution in [0.1, 0.15) is 322 Å². The molecule has 0 aromatic heterocycles. The molecule has 2 atom stereocenters. The minimum Gasteiger partial charge on any atom is -0.462 e. The van der Waals surface area contributed by atoms with Crippen LogP contribution in [0.2, 0.25) is 0 Å². The molecule has 0 heterocycles. The minimum atomic E-state index is -4.39. The number of hydrogen-bond acceptors (Lipinski definition) is 7. The lowest BCUT2D eigenvalue weighted by atomic mass is 10.0. The van der Waals surface area contributed by atoms with Gasteiger partial charge in [0.1, 0.15) is 19.8 Å². The van der Waals surface area contributed by atoms with Gasteiger partial charge in [-0.3, -0.25) is 18.6 Å². The third-order valence-electron chi connectivity index (χ3n) is 15.2. The van der Waals surface area contributed by atoms with Gasteiger partial charge < -0.3 is 18.9 Å². The van der Waals surface area contributed by atoms with Gasteiger partial charge in [0.15, 0.2) is 6.10 Å². The Kier molecular flexibility index (Phi) is 61.0. The molecule has 0 spiro atoms. The Morgan fingerprint density at radius 3 is 1.04 bits per heavy atom. The van der Waals surface area contributed by atoms with Gasteiger partial charge in [-0.05, 0) is 83.5 Å². The number of quaternary nitrogens is 1. The normalized spacial score (nSPS) is 13.6. The van der Waals surface area contributed by atoms with Crippen molar-refractivity contribution in [1.29, 1.82) is 0 Å². The summed E-state index contributed by atoms with van der Waals surface area (Å²) in [6.45, 7) is 4.33. The van der Waals surface area contributed by atoms with E-state index in [2.05, 4.69) is 86.8 Å². The fourth-order valence-corrected chi connectivity index (χ4v) is 10.7. The molecule has 0 aliphatic carbocycles. The van der Waals surface area contributed by atoms with Gasteiger partial charge in [-0.15, -0.1) is 0 Å². The topological polar surface area (TPSA) is 108 Å². The zero-order valence-corrected chi connectivity index (χ0v) is 55.4. The number of carbonyl (C=O) groups is 2. The molecule has 0 fully saturated rings. The van der Waals surface area contributed by atoms with Crippen LogP contribution in [-0.4, -0.2) is 74.9 Å². The van der Waals surface area contributed by atoms with Gasteiger partial charge in [0.05, 0.1) is 27.7 Å². The molecule has 0 aliphatic rings. The highest BCUT2D eigenvalue weighted by Crippen LogP contribution is 2.43. The smallest absolute Gasteiger partial charge is 0.462 e. The number of allylic oxidation sites excluding steroid dienone is 12.